The highest BCUT2D eigenvalue weighted by atomic mass is 16.2. The van der Waals surface area contributed by atoms with Crippen molar-refractivity contribution < 1.29 is 9.59 Å². The van der Waals surface area contributed by atoms with E-state index in [1.54, 1.807) is 0 Å². The molecule has 0 unspecified atom stereocenters. The summed E-state index contributed by atoms with van der Waals surface area (Å²) in [5, 5.41) is 2.90. The molecular formula is C16H23N3O2. The Labute approximate surface area is 125 Å². The average Bonchev–Trinajstić information content (AvgIpc) is 2.48. The SMILES string of the molecule is CC(=O)N[C@H]1CCCN(C(=O)[C@H](CN)c2ccccc2)C1. The molecule has 0 bridgehead atoms. The standard InChI is InChI=1S/C16H23N3O2/c1-12(20)18-14-8-5-9-19(11-14)16(21)15(10-17)13-6-3-2-4-7-13/h2-4,6-7,14-15H,5,8-11,17H2,1H3,(H,18,20)/t14-,15+/m0/s1. The number of carbonyl (C=O) groups is 2. The second-order valence-corrected chi connectivity index (χ2v) is 5.52. The number of carbonyl (C=O) groups excluding carboxylic acids is 2. The second-order valence-electron chi connectivity index (χ2n) is 5.52. The second kappa shape index (κ2) is 7.22. The molecule has 2 amide bonds. The van der Waals surface area contributed by atoms with Gasteiger partial charge in [-0.05, 0) is 18.4 Å². The van der Waals surface area contributed by atoms with Gasteiger partial charge in [0, 0.05) is 32.6 Å². The number of rotatable bonds is 4. The third kappa shape index (κ3) is 4.04. The molecule has 1 fully saturated rings. The third-order valence-electron chi connectivity index (χ3n) is 3.88. The number of amides is 2. The molecule has 1 aliphatic rings. The summed E-state index contributed by atoms with van der Waals surface area (Å²) >= 11 is 0. The van der Waals surface area contributed by atoms with E-state index in [9.17, 15) is 9.59 Å². The van der Waals surface area contributed by atoms with Crippen molar-refractivity contribution in [2.24, 2.45) is 5.73 Å². The van der Waals surface area contributed by atoms with Gasteiger partial charge in [0.1, 0.15) is 0 Å². The van der Waals surface area contributed by atoms with E-state index in [0.717, 1.165) is 24.9 Å². The number of piperidine rings is 1. The highest BCUT2D eigenvalue weighted by Crippen LogP contribution is 2.20. The minimum absolute atomic E-state index is 0.0484. The zero-order chi connectivity index (χ0) is 15.2. The molecule has 5 nitrogen and oxygen atoms in total. The molecule has 1 saturated heterocycles. The number of nitrogens with two attached hydrogens (primary N) is 1. The van der Waals surface area contributed by atoms with Gasteiger partial charge in [0.2, 0.25) is 11.8 Å². The molecule has 114 valence electrons. The van der Waals surface area contributed by atoms with Gasteiger partial charge in [0.15, 0.2) is 0 Å². The lowest BCUT2D eigenvalue weighted by molar-refractivity contribution is -0.134. The van der Waals surface area contributed by atoms with E-state index in [4.69, 9.17) is 5.73 Å². The molecule has 1 aromatic carbocycles. The van der Waals surface area contributed by atoms with E-state index in [0.29, 0.717) is 13.1 Å². The zero-order valence-electron chi connectivity index (χ0n) is 12.4. The summed E-state index contributed by atoms with van der Waals surface area (Å²) in [5.74, 6) is -0.297. The van der Waals surface area contributed by atoms with E-state index in [1.165, 1.54) is 6.92 Å². The summed E-state index contributed by atoms with van der Waals surface area (Å²) < 4.78 is 0. The number of hydrogen-bond donors (Lipinski definition) is 2. The highest BCUT2D eigenvalue weighted by Gasteiger charge is 2.29. The van der Waals surface area contributed by atoms with Crippen LogP contribution in [-0.4, -0.2) is 42.4 Å². The first kappa shape index (κ1) is 15.5. The Hall–Kier alpha value is -1.88. The summed E-state index contributed by atoms with van der Waals surface area (Å²) in [6, 6.07) is 9.68. The molecule has 0 radical (unpaired) electrons. The van der Waals surface area contributed by atoms with Gasteiger partial charge in [0.05, 0.1) is 5.92 Å². The first-order valence-corrected chi connectivity index (χ1v) is 7.42. The molecule has 1 aliphatic heterocycles. The van der Waals surface area contributed by atoms with Gasteiger partial charge in [-0.3, -0.25) is 9.59 Å². The molecule has 21 heavy (non-hydrogen) atoms. The lowest BCUT2D eigenvalue weighted by Crippen LogP contribution is -2.50. The predicted octanol–water partition coefficient (Wildman–Crippen LogP) is 0.856. The van der Waals surface area contributed by atoms with Gasteiger partial charge in [-0.2, -0.15) is 0 Å². The maximum absolute atomic E-state index is 12.7. The van der Waals surface area contributed by atoms with E-state index in [1.807, 2.05) is 35.2 Å². The van der Waals surface area contributed by atoms with Crippen molar-refractivity contribution in [3.63, 3.8) is 0 Å². The van der Waals surface area contributed by atoms with Crippen LogP contribution >= 0.6 is 0 Å². The summed E-state index contributed by atoms with van der Waals surface area (Å²) in [6.45, 7) is 3.11. The number of nitrogens with one attached hydrogen (secondary N) is 1. The Kier molecular flexibility index (Phi) is 5.33. The van der Waals surface area contributed by atoms with E-state index < -0.39 is 0 Å². The number of likely N-dealkylation sites (tertiary alicyclic amines) is 1. The van der Waals surface area contributed by atoms with Crippen molar-refractivity contribution in [2.75, 3.05) is 19.6 Å². The highest BCUT2D eigenvalue weighted by molar-refractivity contribution is 5.84. The Morgan fingerprint density at radius 1 is 1.38 bits per heavy atom. The van der Waals surface area contributed by atoms with Crippen molar-refractivity contribution in [1.29, 1.82) is 0 Å². The first-order chi connectivity index (χ1) is 10.1. The molecule has 2 rings (SSSR count). The Morgan fingerprint density at radius 2 is 2.10 bits per heavy atom. The van der Waals surface area contributed by atoms with Crippen LogP contribution in [0.15, 0.2) is 30.3 Å². The van der Waals surface area contributed by atoms with Crippen LogP contribution in [0.3, 0.4) is 0 Å². The molecule has 5 heteroatoms. The Balaban J connectivity index is 2.05. The van der Waals surface area contributed by atoms with E-state index in [-0.39, 0.29) is 23.8 Å². The fourth-order valence-corrected chi connectivity index (χ4v) is 2.87. The van der Waals surface area contributed by atoms with Gasteiger partial charge in [-0.15, -0.1) is 0 Å². The van der Waals surface area contributed by atoms with Crippen molar-refractivity contribution in [2.45, 2.75) is 31.7 Å². The maximum atomic E-state index is 12.7. The Morgan fingerprint density at radius 3 is 2.71 bits per heavy atom. The van der Waals surface area contributed by atoms with E-state index in [2.05, 4.69) is 5.32 Å². The fraction of sp³-hybridized carbons (Fsp3) is 0.500. The van der Waals surface area contributed by atoms with Crippen LogP contribution < -0.4 is 11.1 Å². The first-order valence-electron chi connectivity index (χ1n) is 7.42. The van der Waals surface area contributed by atoms with Crippen molar-refractivity contribution in [1.82, 2.24) is 10.2 Å². The molecule has 2 atom stereocenters. The molecule has 3 N–H and O–H groups in total. The number of nitrogens with zero attached hydrogens (tertiary/aromatic N) is 1. The molecule has 0 saturated carbocycles. The van der Waals surface area contributed by atoms with Gasteiger partial charge >= 0.3 is 0 Å². The quantitative estimate of drug-likeness (QED) is 0.863. The maximum Gasteiger partial charge on any atom is 0.231 e. The number of benzene rings is 1. The van der Waals surface area contributed by atoms with Crippen LogP contribution in [0.4, 0.5) is 0 Å². The lowest BCUT2D eigenvalue weighted by atomic mass is 9.96. The minimum Gasteiger partial charge on any atom is -0.352 e. The monoisotopic (exact) mass is 289 g/mol. The molecular weight excluding hydrogens is 266 g/mol. The third-order valence-corrected chi connectivity index (χ3v) is 3.88. The molecule has 0 aliphatic carbocycles. The molecule has 1 aromatic rings. The van der Waals surface area contributed by atoms with E-state index >= 15 is 0 Å². The summed E-state index contributed by atoms with van der Waals surface area (Å²) in [5.41, 5.74) is 6.76. The van der Waals surface area contributed by atoms with Crippen molar-refractivity contribution in [3.8, 4) is 0 Å². The Bertz CT molecular complexity index is 490. The smallest absolute Gasteiger partial charge is 0.231 e. The van der Waals surface area contributed by atoms with Gasteiger partial charge in [-0.1, -0.05) is 30.3 Å². The minimum atomic E-state index is -0.303. The summed E-state index contributed by atoms with van der Waals surface area (Å²) in [7, 11) is 0. The van der Waals surface area contributed by atoms with Crippen molar-refractivity contribution in [3.05, 3.63) is 35.9 Å². The molecule has 0 aromatic heterocycles. The van der Waals surface area contributed by atoms with Crippen LogP contribution in [0.5, 0.6) is 0 Å². The summed E-state index contributed by atoms with van der Waals surface area (Å²) in [6.07, 6.45) is 1.82. The molecule has 0 spiro atoms. The largest absolute Gasteiger partial charge is 0.352 e. The van der Waals surface area contributed by atoms with Crippen LogP contribution in [0.2, 0.25) is 0 Å². The van der Waals surface area contributed by atoms with Crippen LogP contribution in [-0.2, 0) is 9.59 Å². The summed E-state index contributed by atoms with van der Waals surface area (Å²) in [4.78, 5) is 25.7. The van der Waals surface area contributed by atoms with Crippen LogP contribution in [0.1, 0.15) is 31.2 Å². The lowest BCUT2D eigenvalue weighted by Gasteiger charge is -2.35. The van der Waals surface area contributed by atoms with Crippen LogP contribution in [0.25, 0.3) is 0 Å². The zero-order valence-corrected chi connectivity index (χ0v) is 12.4. The van der Waals surface area contributed by atoms with Gasteiger partial charge in [0.25, 0.3) is 0 Å². The van der Waals surface area contributed by atoms with Crippen LogP contribution in [0, 0.1) is 0 Å². The predicted molar refractivity (Wildman–Crippen MR) is 81.7 cm³/mol. The van der Waals surface area contributed by atoms with Gasteiger partial charge < -0.3 is 16.0 Å². The van der Waals surface area contributed by atoms with Crippen molar-refractivity contribution >= 4 is 11.8 Å². The topological polar surface area (TPSA) is 75.4 Å². The average molecular weight is 289 g/mol. The van der Waals surface area contributed by atoms with Gasteiger partial charge in [-0.25, -0.2) is 0 Å². The fourth-order valence-electron chi connectivity index (χ4n) is 2.87. The molecule has 1 heterocycles. The normalized spacial score (nSPS) is 19.9. The number of hydrogen-bond acceptors (Lipinski definition) is 3.